The minimum atomic E-state index is 0.207. The van der Waals surface area contributed by atoms with Crippen molar-refractivity contribution in [1.29, 1.82) is 0 Å². The molecule has 5 rings (SSSR count). The van der Waals surface area contributed by atoms with Crippen LogP contribution in [-0.2, 0) is 0 Å². The number of halogens is 1. The third-order valence-corrected chi connectivity index (χ3v) is 6.50. The highest BCUT2D eigenvalue weighted by Gasteiger charge is 2.24. The number of nitrogens with one attached hydrogen (secondary N) is 1. The second-order valence-electron chi connectivity index (χ2n) is 8.55. The number of para-hydroxylation sites is 1. The molecule has 0 radical (unpaired) electrons. The number of benzene rings is 1. The fourth-order valence-corrected chi connectivity index (χ4v) is 4.58. The van der Waals surface area contributed by atoms with Gasteiger partial charge in [0.2, 0.25) is 0 Å². The minimum Gasteiger partial charge on any atom is -0.383 e. The first kappa shape index (κ1) is 21.4. The van der Waals surface area contributed by atoms with Crippen LogP contribution in [0, 0.1) is 6.92 Å². The molecule has 168 valence electrons. The Bertz CT molecular complexity index is 1340. The van der Waals surface area contributed by atoms with E-state index >= 15 is 0 Å². The molecule has 1 aliphatic rings. The molecule has 7 nitrogen and oxygen atoms in total. The molecular weight excluding hydrogens is 434 g/mol. The van der Waals surface area contributed by atoms with Crippen molar-refractivity contribution in [1.82, 2.24) is 14.6 Å². The van der Waals surface area contributed by atoms with Gasteiger partial charge in [0.15, 0.2) is 0 Å². The second kappa shape index (κ2) is 8.84. The van der Waals surface area contributed by atoms with E-state index in [9.17, 15) is 0 Å². The third kappa shape index (κ3) is 4.29. The number of amidine groups is 1. The van der Waals surface area contributed by atoms with E-state index in [1.165, 1.54) is 0 Å². The number of aryl methyl sites for hydroxylation is 1. The van der Waals surface area contributed by atoms with Crippen molar-refractivity contribution in [2.24, 2.45) is 16.5 Å². The maximum atomic E-state index is 6.50. The van der Waals surface area contributed by atoms with E-state index in [-0.39, 0.29) is 12.1 Å². The standard InChI is InChI=1S/C25H26ClN7/c1-15-8-9-29-12-19(15)16-10-23-24(31-18-7-6-17(27)11-18)20(13-30-33(23)14-16)25(28)32-22-5-3-2-4-21(22)26/h2-5,8-10,12-14,17-18,31H,6-7,11,27H2,1H3,(H2,28,32)/t17-,18+/m0/s1. The van der Waals surface area contributed by atoms with Crippen LogP contribution in [0.25, 0.3) is 16.6 Å². The molecule has 1 aliphatic carbocycles. The van der Waals surface area contributed by atoms with Crippen LogP contribution < -0.4 is 16.8 Å². The lowest BCUT2D eigenvalue weighted by molar-refractivity contribution is 0.687. The van der Waals surface area contributed by atoms with E-state index in [4.69, 9.17) is 23.1 Å². The van der Waals surface area contributed by atoms with Crippen LogP contribution in [0.5, 0.6) is 0 Å². The lowest BCUT2D eigenvalue weighted by Gasteiger charge is -2.18. The molecule has 8 heteroatoms. The van der Waals surface area contributed by atoms with E-state index in [2.05, 4.69) is 33.4 Å². The van der Waals surface area contributed by atoms with Gasteiger partial charge in [0, 0.05) is 41.8 Å². The number of fused-ring (bicyclic) bond motifs is 1. The van der Waals surface area contributed by atoms with Gasteiger partial charge in [0.1, 0.15) is 5.84 Å². The Morgan fingerprint density at radius 3 is 2.82 bits per heavy atom. The quantitative estimate of drug-likeness (QED) is 0.296. The summed E-state index contributed by atoms with van der Waals surface area (Å²) in [5.41, 5.74) is 19.1. The maximum absolute atomic E-state index is 6.50. The summed E-state index contributed by atoms with van der Waals surface area (Å²) in [5.74, 6) is 0.350. The van der Waals surface area contributed by atoms with E-state index in [0.29, 0.717) is 16.5 Å². The summed E-state index contributed by atoms with van der Waals surface area (Å²) in [7, 11) is 0. The molecule has 0 bridgehead atoms. The molecule has 0 unspecified atom stereocenters. The van der Waals surface area contributed by atoms with Gasteiger partial charge in [-0.05, 0) is 56.0 Å². The van der Waals surface area contributed by atoms with Crippen molar-refractivity contribution >= 4 is 34.3 Å². The van der Waals surface area contributed by atoms with Crippen LogP contribution in [0.4, 0.5) is 11.4 Å². The summed E-state index contributed by atoms with van der Waals surface area (Å²) in [6.07, 6.45) is 10.3. The van der Waals surface area contributed by atoms with Crippen LogP contribution in [-0.4, -0.2) is 32.5 Å². The Kier molecular flexibility index (Phi) is 5.74. The molecule has 3 aromatic heterocycles. The highest BCUT2D eigenvalue weighted by atomic mass is 35.5. The molecule has 5 N–H and O–H groups in total. The maximum Gasteiger partial charge on any atom is 0.135 e. The van der Waals surface area contributed by atoms with Gasteiger partial charge in [-0.3, -0.25) is 4.98 Å². The molecule has 1 fully saturated rings. The van der Waals surface area contributed by atoms with Crippen molar-refractivity contribution in [3.05, 3.63) is 77.3 Å². The van der Waals surface area contributed by atoms with Gasteiger partial charge in [-0.15, -0.1) is 0 Å². The summed E-state index contributed by atoms with van der Waals surface area (Å²) in [4.78, 5) is 8.90. The molecule has 33 heavy (non-hydrogen) atoms. The molecule has 0 spiro atoms. The molecule has 0 saturated heterocycles. The van der Waals surface area contributed by atoms with Gasteiger partial charge in [-0.2, -0.15) is 5.10 Å². The predicted molar refractivity (Wildman–Crippen MR) is 134 cm³/mol. The van der Waals surface area contributed by atoms with Crippen molar-refractivity contribution in [3.63, 3.8) is 0 Å². The molecule has 1 saturated carbocycles. The zero-order chi connectivity index (χ0) is 22.9. The van der Waals surface area contributed by atoms with Crippen LogP contribution in [0.3, 0.4) is 0 Å². The van der Waals surface area contributed by atoms with Gasteiger partial charge >= 0.3 is 0 Å². The highest BCUT2D eigenvalue weighted by molar-refractivity contribution is 6.33. The topological polar surface area (TPSA) is 107 Å². The first-order chi connectivity index (χ1) is 16.0. The largest absolute Gasteiger partial charge is 0.383 e. The number of aliphatic imine (C=N–C) groups is 1. The van der Waals surface area contributed by atoms with Gasteiger partial charge in [-0.25, -0.2) is 9.51 Å². The zero-order valence-corrected chi connectivity index (χ0v) is 19.1. The number of anilines is 1. The fraction of sp³-hybridized carbons (Fsp3) is 0.240. The summed E-state index contributed by atoms with van der Waals surface area (Å²) in [6.45, 7) is 2.07. The van der Waals surface area contributed by atoms with Gasteiger partial charge in [0.25, 0.3) is 0 Å². The molecule has 3 heterocycles. The highest BCUT2D eigenvalue weighted by Crippen LogP contribution is 2.33. The summed E-state index contributed by atoms with van der Waals surface area (Å²) < 4.78 is 1.87. The lowest BCUT2D eigenvalue weighted by Crippen LogP contribution is -2.24. The Morgan fingerprint density at radius 1 is 1.21 bits per heavy atom. The number of nitrogens with two attached hydrogens (primary N) is 2. The van der Waals surface area contributed by atoms with Crippen LogP contribution in [0.15, 0.2) is 66.2 Å². The third-order valence-electron chi connectivity index (χ3n) is 6.18. The Labute approximate surface area is 197 Å². The van der Waals surface area contributed by atoms with Gasteiger partial charge in [-0.1, -0.05) is 23.7 Å². The molecule has 2 atom stereocenters. The second-order valence-corrected chi connectivity index (χ2v) is 8.95. The van der Waals surface area contributed by atoms with Gasteiger partial charge in [0.05, 0.1) is 33.7 Å². The number of rotatable bonds is 5. The Morgan fingerprint density at radius 2 is 2.06 bits per heavy atom. The fourth-order valence-electron chi connectivity index (χ4n) is 4.40. The average Bonchev–Trinajstić information content (AvgIpc) is 3.42. The number of hydrogen-bond donors (Lipinski definition) is 3. The Balaban J connectivity index is 1.64. The van der Waals surface area contributed by atoms with E-state index in [1.807, 2.05) is 41.2 Å². The Hall–Kier alpha value is -3.42. The molecule has 0 aliphatic heterocycles. The first-order valence-electron chi connectivity index (χ1n) is 11.0. The van der Waals surface area contributed by atoms with Crippen LogP contribution in [0.2, 0.25) is 5.02 Å². The normalized spacial score (nSPS) is 18.7. The predicted octanol–water partition coefficient (Wildman–Crippen LogP) is 4.69. The first-order valence-corrected chi connectivity index (χ1v) is 11.4. The van der Waals surface area contributed by atoms with Gasteiger partial charge < -0.3 is 16.8 Å². The minimum absolute atomic E-state index is 0.207. The summed E-state index contributed by atoms with van der Waals surface area (Å²) in [6, 6.07) is 12.0. The van der Waals surface area contributed by atoms with Crippen LogP contribution >= 0.6 is 11.6 Å². The number of nitrogens with zero attached hydrogens (tertiary/aromatic N) is 4. The molecule has 1 aromatic carbocycles. The molecular formula is C25H26ClN7. The average molecular weight is 460 g/mol. The van der Waals surface area contributed by atoms with E-state index in [0.717, 1.165) is 52.7 Å². The van der Waals surface area contributed by atoms with Crippen molar-refractivity contribution in [2.45, 2.75) is 38.3 Å². The SMILES string of the molecule is Cc1ccncc1-c1cc2c(N[C@@H]3CC[C@H](N)C3)c(C(N)=Nc3ccccc3Cl)cnn2c1. The smallest absolute Gasteiger partial charge is 0.135 e. The molecule has 0 amide bonds. The van der Waals surface area contributed by atoms with Crippen LogP contribution in [0.1, 0.15) is 30.4 Å². The summed E-state index contributed by atoms with van der Waals surface area (Å²) >= 11 is 6.31. The lowest BCUT2D eigenvalue weighted by atomic mass is 10.1. The monoisotopic (exact) mass is 459 g/mol. The number of pyridine rings is 1. The van der Waals surface area contributed by atoms with Crippen molar-refractivity contribution < 1.29 is 0 Å². The van der Waals surface area contributed by atoms with E-state index < -0.39 is 0 Å². The summed E-state index contributed by atoms with van der Waals surface area (Å²) in [5, 5.41) is 8.87. The van der Waals surface area contributed by atoms with Crippen molar-refractivity contribution in [3.8, 4) is 11.1 Å². The molecule has 4 aromatic rings. The van der Waals surface area contributed by atoms with Crippen molar-refractivity contribution in [2.75, 3.05) is 5.32 Å². The van der Waals surface area contributed by atoms with E-state index in [1.54, 1.807) is 18.5 Å². The number of hydrogen-bond acceptors (Lipinski definition) is 5. The zero-order valence-electron chi connectivity index (χ0n) is 18.4. The number of aromatic nitrogens is 3.